The van der Waals surface area contributed by atoms with E-state index in [2.05, 4.69) is 22.5 Å². The smallest absolute Gasteiger partial charge is 0.176 e. The molecule has 1 aromatic heterocycles. The monoisotopic (exact) mass is 271 g/mol. The second-order valence-corrected chi connectivity index (χ2v) is 3.88. The summed E-state index contributed by atoms with van der Waals surface area (Å²) in [5.41, 5.74) is 6.38. The van der Waals surface area contributed by atoms with Crippen LogP contribution in [0.2, 0.25) is 0 Å². The molecule has 0 saturated carbocycles. The SMILES string of the molecule is C=C(Br)c1cc(CN)oc1/C(=C\C)OC. The minimum atomic E-state index is 0.355. The molecule has 0 aliphatic heterocycles. The van der Waals surface area contributed by atoms with E-state index in [4.69, 9.17) is 14.9 Å². The maximum atomic E-state index is 5.56. The van der Waals surface area contributed by atoms with Crippen molar-refractivity contribution in [3.05, 3.63) is 35.8 Å². The van der Waals surface area contributed by atoms with Crippen molar-refractivity contribution in [3.8, 4) is 0 Å². The second kappa shape index (κ2) is 5.19. The summed E-state index contributed by atoms with van der Waals surface area (Å²) in [4.78, 5) is 0. The van der Waals surface area contributed by atoms with E-state index >= 15 is 0 Å². The van der Waals surface area contributed by atoms with Crippen molar-refractivity contribution in [1.29, 1.82) is 0 Å². The third-order valence-corrected chi connectivity index (χ3v) is 2.41. The molecule has 0 aromatic carbocycles. The maximum absolute atomic E-state index is 5.56. The molecule has 0 spiro atoms. The van der Waals surface area contributed by atoms with Gasteiger partial charge in [-0.15, -0.1) is 0 Å². The van der Waals surface area contributed by atoms with Gasteiger partial charge in [0, 0.05) is 10.0 Å². The van der Waals surface area contributed by atoms with Crippen molar-refractivity contribution in [2.45, 2.75) is 13.5 Å². The van der Waals surface area contributed by atoms with Crippen molar-refractivity contribution in [3.63, 3.8) is 0 Å². The quantitative estimate of drug-likeness (QED) is 0.857. The van der Waals surface area contributed by atoms with Gasteiger partial charge in [0.2, 0.25) is 0 Å². The predicted molar refractivity (Wildman–Crippen MR) is 65.2 cm³/mol. The molecule has 0 aliphatic carbocycles. The predicted octanol–water partition coefficient (Wildman–Crippen LogP) is 3.11. The molecule has 3 nitrogen and oxygen atoms in total. The normalized spacial score (nSPS) is 11.6. The van der Waals surface area contributed by atoms with Crippen molar-refractivity contribution in [2.75, 3.05) is 7.11 Å². The molecule has 1 aromatic rings. The van der Waals surface area contributed by atoms with Crippen LogP contribution in [0.15, 0.2) is 23.1 Å². The zero-order valence-electron chi connectivity index (χ0n) is 8.84. The molecule has 0 saturated heterocycles. The molecule has 2 N–H and O–H groups in total. The highest BCUT2D eigenvalue weighted by molar-refractivity contribution is 9.15. The van der Waals surface area contributed by atoms with Crippen molar-refractivity contribution in [2.24, 2.45) is 5.73 Å². The van der Waals surface area contributed by atoms with E-state index in [0.29, 0.717) is 23.8 Å². The molecule has 0 unspecified atom stereocenters. The highest BCUT2D eigenvalue weighted by Gasteiger charge is 2.15. The van der Waals surface area contributed by atoms with Gasteiger partial charge >= 0.3 is 0 Å². The van der Waals surface area contributed by atoms with Crippen LogP contribution in [0.3, 0.4) is 0 Å². The molecule has 0 amide bonds. The Morgan fingerprint density at radius 2 is 2.40 bits per heavy atom. The number of furan rings is 1. The van der Waals surface area contributed by atoms with Crippen LogP contribution in [0.4, 0.5) is 0 Å². The van der Waals surface area contributed by atoms with E-state index in [1.54, 1.807) is 7.11 Å². The fourth-order valence-electron chi connectivity index (χ4n) is 1.27. The number of hydrogen-bond donors (Lipinski definition) is 1. The Labute approximate surface area is 97.7 Å². The third-order valence-electron chi connectivity index (χ3n) is 1.98. The topological polar surface area (TPSA) is 48.4 Å². The summed E-state index contributed by atoms with van der Waals surface area (Å²) < 4.78 is 11.5. The van der Waals surface area contributed by atoms with Crippen LogP contribution in [0, 0.1) is 0 Å². The Kier molecular flexibility index (Phi) is 4.17. The lowest BCUT2D eigenvalue weighted by Crippen LogP contribution is -1.92. The third kappa shape index (κ3) is 2.52. The number of methoxy groups -OCH3 is 1. The molecule has 0 radical (unpaired) electrons. The molecule has 0 bridgehead atoms. The molecule has 0 fully saturated rings. The zero-order chi connectivity index (χ0) is 11.4. The number of nitrogens with two attached hydrogens (primary N) is 1. The van der Waals surface area contributed by atoms with Gasteiger partial charge in [0.05, 0.1) is 13.7 Å². The summed E-state index contributed by atoms with van der Waals surface area (Å²) in [6.07, 6.45) is 1.83. The Hall–Kier alpha value is -1.00. The Bertz CT molecular complexity index is 393. The molecule has 0 atom stereocenters. The Morgan fingerprint density at radius 3 is 2.80 bits per heavy atom. The van der Waals surface area contributed by atoms with Gasteiger partial charge in [0.25, 0.3) is 0 Å². The fourth-order valence-corrected chi connectivity index (χ4v) is 1.56. The summed E-state index contributed by atoms with van der Waals surface area (Å²) in [6.45, 7) is 6.05. The summed E-state index contributed by atoms with van der Waals surface area (Å²) in [5.74, 6) is 2.03. The number of halogens is 1. The van der Waals surface area contributed by atoms with Crippen LogP contribution in [-0.2, 0) is 11.3 Å². The van der Waals surface area contributed by atoms with Gasteiger partial charge in [0.15, 0.2) is 11.5 Å². The molecular weight excluding hydrogens is 258 g/mol. The van der Waals surface area contributed by atoms with Gasteiger partial charge < -0.3 is 14.9 Å². The average molecular weight is 272 g/mol. The fraction of sp³-hybridized carbons (Fsp3) is 0.273. The van der Waals surface area contributed by atoms with Crippen LogP contribution < -0.4 is 5.73 Å². The number of ether oxygens (including phenoxy) is 1. The zero-order valence-corrected chi connectivity index (χ0v) is 10.4. The van der Waals surface area contributed by atoms with Crippen LogP contribution in [0.25, 0.3) is 10.2 Å². The van der Waals surface area contributed by atoms with Gasteiger partial charge in [-0.25, -0.2) is 0 Å². The minimum absolute atomic E-state index is 0.355. The molecule has 1 heterocycles. The Morgan fingerprint density at radius 1 is 1.73 bits per heavy atom. The van der Waals surface area contributed by atoms with E-state index in [0.717, 1.165) is 10.0 Å². The van der Waals surface area contributed by atoms with Gasteiger partial charge in [-0.05, 0) is 19.1 Å². The van der Waals surface area contributed by atoms with E-state index < -0.39 is 0 Å². The largest absolute Gasteiger partial charge is 0.493 e. The van der Waals surface area contributed by atoms with Gasteiger partial charge in [-0.2, -0.15) is 0 Å². The van der Waals surface area contributed by atoms with E-state index in [-0.39, 0.29) is 0 Å². The molecule has 4 heteroatoms. The van der Waals surface area contributed by atoms with Crippen LogP contribution >= 0.6 is 15.9 Å². The molecule has 1 rings (SSSR count). The van der Waals surface area contributed by atoms with Crippen molar-refractivity contribution < 1.29 is 9.15 Å². The first-order valence-corrected chi connectivity index (χ1v) is 5.31. The molecule has 0 aliphatic rings. The number of hydrogen-bond acceptors (Lipinski definition) is 3. The second-order valence-electron chi connectivity index (χ2n) is 2.92. The van der Waals surface area contributed by atoms with E-state index in [1.807, 2.05) is 19.1 Å². The van der Waals surface area contributed by atoms with Crippen molar-refractivity contribution in [1.82, 2.24) is 0 Å². The first kappa shape index (κ1) is 12.1. The summed E-state index contributed by atoms with van der Waals surface area (Å²) in [5, 5.41) is 0. The van der Waals surface area contributed by atoms with Crippen molar-refractivity contribution >= 4 is 26.2 Å². The highest BCUT2D eigenvalue weighted by Crippen LogP contribution is 2.31. The first-order valence-electron chi connectivity index (χ1n) is 4.52. The minimum Gasteiger partial charge on any atom is -0.493 e. The lowest BCUT2D eigenvalue weighted by atomic mass is 10.2. The van der Waals surface area contributed by atoms with E-state index in [9.17, 15) is 0 Å². The number of allylic oxidation sites excluding steroid dienone is 1. The van der Waals surface area contributed by atoms with Crippen LogP contribution in [0.5, 0.6) is 0 Å². The Balaban J connectivity index is 3.26. The van der Waals surface area contributed by atoms with Gasteiger partial charge in [-0.3, -0.25) is 0 Å². The highest BCUT2D eigenvalue weighted by atomic mass is 79.9. The van der Waals surface area contributed by atoms with Crippen LogP contribution in [0.1, 0.15) is 24.0 Å². The lowest BCUT2D eigenvalue weighted by molar-refractivity contribution is 0.347. The summed E-state index contributed by atoms with van der Waals surface area (Å²) >= 11 is 3.32. The lowest BCUT2D eigenvalue weighted by Gasteiger charge is -2.04. The molecule has 82 valence electrons. The molecular formula is C11H14BrNO2. The van der Waals surface area contributed by atoms with Gasteiger partial charge in [0.1, 0.15) is 5.76 Å². The summed E-state index contributed by atoms with van der Waals surface area (Å²) in [7, 11) is 1.60. The molecule has 15 heavy (non-hydrogen) atoms. The van der Waals surface area contributed by atoms with Gasteiger partial charge in [-0.1, -0.05) is 22.5 Å². The summed E-state index contributed by atoms with van der Waals surface area (Å²) in [6, 6.07) is 1.86. The van der Waals surface area contributed by atoms with E-state index in [1.165, 1.54) is 0 Å². The maximum Gasteiger partial charge on any atom is 0.176 e. The number of rotatable bonds is 4. The average Bonchev–Trinajstić information content (AvgIpc) is 2.64. The first-order chi connectivity index (χ1) is 7.13. The standard InChI is InChI=1S/C11H14BrNO2/c1-4-10(14-3)11-9(7(2)12)5-8(6-13)15-11/h4-5H,2,6,13H2,1,3H3/b10-4+. The van der Waals surface area contributed by atoms with Crippen LogP contribution in [-0.4, -0.2) is 7.11 Å².